The number of benzene rings is 3. The van der Waals surface area contributed by atoms with E-state index in [2.05, 4.69) is 0 Å². The first-order chi connectivity index (χ1) is 25.2. The molecule has 13 nitrogen and oxygen atoms in total. The maximum atomic E-state index is 15.0. The van der Waals surface area contributed by atoms with Gasteiger partial charge in [-0.3, -0.25) is 24.4 Å². The number of sulfonamides is 1. The summed E-state index contributed by atoms with van der Waals surface area (Å²) in [6.45, 7) is 7.86. The molecule has 0 radical (unpaired) electrons. The van der Waals surface area contributed by atoms with Gasteiger partial charge in [0.25, 0.3) is 10.0 Å². The molecule has 2 heterocycles. The number of carbonyl (C=O) groups is 2. The number of hydroxylamine groups is 1. The Labute approximate surface area is 321 Å². The Morgan fingerprint density at radius 1 is 0.906 bits per heavy atom. The number of piperazine rings is 1. The predicted molar refractivity (Wildman–Crippen MR) is 204 cm³/mol. The number of amides is 3. The number of halogens is 2. The van der Waals surface area contributed by atoms with Crippen molar-refractivity contribution in [2.24, 2.45) is 4.99 Å². The molecule has 2 atom stereocenters. The number of methoxy groups -OCH3 is 1. The Balaban J connectivity index is 1.66. The first kappa shape index (κ1) is 40.3. The molecule has 0 unspecified atom stereocenters. The zero-order chi connectivity index (χ0) is 38.6. The van der Waals surface area contributed by atoms with Gasteiger partial charge in [-0.1, -0.05) is 51.9 Å². The van der Waals surface area contributed by atoms with Gasteiger partial charge in [-0.05, 0) is 62.2 Å². The minimum Gasteiger partial charge on any atom is -0.495 e. The Bertz CT molecular complexity index is 1920. The fourth-order valence-corrected chi connectivity index (χ4v) is 7.67. The van der Waals surface area contributed by atoms with Crippen molar-refractivity contribution in [1.29, 1.82) is 0 Å². The van der Waals surface area contributed by atoms with Gasteiger partial charge in [0.05, 0.1) is 39.0 Å². The van der Waals surface area contributed by atoms with E-state index in [-0.39, 0.29) is 58.9 Å². The van der Waals surface area contributed by atoms with Gasteiger partial charge >= 0.3 is 6.03 Å². The second-order valence-electron chi connectivity index (χ2n) is 13.0. The summed E-state index contributed by atoms with van der Waals surface area (Å²) in [5, 5.41) is 1.06. The van der Waals surface area contributed by atoms with Gasteiger partial charge in [0.1, 0.15) is 28.3 Å². The number of aliphatic imine (C=N–C) groups is 1. The molecule has 286 valence electrons. The van der Waals surface area contributed by atoms with E-state index in [1.807, 2.05) is 43.0 Å². The van der Waals surface area contributed by atoms with E-state index in [4.69, 9.17) is 42.5 Å². The lowest BCUT2D eigenvalue weighted by atomic mass is 9.93. The normalized spacial score (nSPS) is 18.1. The molecule has 0 N–H and O–H groups in total. The minimum atomic E-state index is -4.25. The summed E-state index contributed by atoms with van der Waals surface area (Å²) in [4.78, 5) is 45.1. The van der Waals surface area contributed by atoms with E-state index in [0.717, 1.165) is 15.6 Å². The second kappa shape index (κ2) is 17.0. The van der Waals surface area contributed by atoms with Crippen molar-refractivity contribution < 1.29 is 32.3 Å². The van der Waals surface area contributed by atoms with Crippen LogP contribution in [-0.4, -0.2) is 124 Å². The Hall–Kier alpha value is -3.92. The zero-order valence-corrected chi connectivity index (χ0v) is 33.3. The topological polar surface area (TPSA) is 125 Å². The van der Waals surface area contributed by atoms with Crippen molar-refractivity contribution in [2.45, 2.75) is 43.8 Å². The summed E-state index contributed by atoms with van der Waals surface area (Å²) in [5.41, 5.74) is 1.79. The molecule has 0 aliphatic carbocycles. The average molecular weight is 790 g/mol. The molecule has 1 fully saturated rings. The second-order valence-corrected chi connectivity index (χ2v) is 15.8. The van der Waals surface area contributed by atoms with Gasteiger partial charge in [0.2, 0.25) is 5.91 Å². The summed E-state index contributed by atoms with van der Waals surface area (Å²) >= 11 is 12.6. The number of urea groups is 1. The lowest BCUT2D eigenvalue weighted by molar-refractivity contribution is -0.132. The maximum absolute atomic E-state index is 15.0. The highest BCUT2D eigenvalue weighted by Gasteiger charge is 2.45. The molecule has 16 heteroatoms. The number of hydrogen-bond acceptors (Lipinski definition) is 9. The average Bonchev–Trinajstić information content (AvgIpc) is 3.54. The fourth-order valence-electron chi connectivity index (χ4n) is 6.28. The van der Waals surface area contributed by atoms with Crippen molar-refractivity contribution in [3.63, 3.8) is 0 Å². The smallest absolute Gasteiger partial charge is 0.326 e. The molecule has 1 saturated heterocycles. The van der Waals surface area contributed by atoms with Crippen LogP contribution in [0.2, 0.25) is 10.0 Å². The van der Waals surface area contributed by atoms with Crippen LogP contribution >= 0.6 is 23.2 Å². The van der Waals surface area contributed by atoms with E-state index < -0.39 is 22.1 Å². The van der Waals surface area contributed by atoms with Crippen LogP contribution in [-0.2, 0) is 19.7 Å². The summed E-state index contributed by atoms with van der Waals surface area (Å²) in [6, 6.07) is 15.7. The predicted octanol–water partition coefficient (Wildman–Crippen LogP) is 5.73. The number of likely N-dealkylation sites (N-methyl/N-ethyl adjacent to an activating group) is 1. The summed E-state index contributed by atoms with van der Waals surface area (Å²) in [6.07, 6.45) is 0. The molecule has 2 aliphatic rings. The third-order valence-electron chi connectivity index (χ3n) is 9.55. The van der Waals surface area contributed by atoms with Crippen LogP contribution in [0.3, 0.4) is 0 Å². The Morgan fingerprint density at radius 3 is 2.02 bits per heavy atom. The zero-order valence-electron chi connectivity index (χ0n) is 31.0. The van der Waals surface area contributed by atoms with Crippen molar-refractivity contribution in [3.05, 3.63) is 87.4 Å². The van der Waals surface area contributed by atoms with Gasteiger partial charge in [0, 0.05) is 62.4 Å². The number of hydrogen-bond donors (Lipinski definition) is 0. The first-order valence-corrected chi connectivity index (χ1v) is 19.4. The molecule has 0 aromatic heterocycles. The van der Waals surface area contributed by atoms with Crippen molar-refractivity contribution in [3.8, 4) is 11.5 Å². The third kappa shape index (κ3) is 8.58. The number of rotatable bonds is 12. The van der Waals surface area contributed by atoms with E-state index >= 15 is 4.79 Å². The SMILES string of the molecule is CCOc1cc(OC)c(S(=O)(=O)N(C)OC)cc1C1=N[C@@H](c2ccc(Cl)cc2)[C@@H](c2ccc(Cl)cc2)N1C(=O)N1CCN(CC(=O)N(C)C(C)C)CC1. The van der Waals surface area contributed by atoms with Gasteiger partial charge in [0.15, 0.2) is 0 Å². The number of carbonyl (C=O) groups excluding carboxylic acids is 2. The van der Waals surface area contributed by atoms with E-state index in [1.165, 1.54) is 33.4 Å². The number of ether oxygens (including phenoxy) is 2. The summed E-state index contributed by atoms with van der Waals surface area (Å²) in [5.74, 6) is 0.503. The quantitative estimate of drug-likeness (QED) is 0.213. The summed E-state index contributed by atoms with van der Waals surface area (Å²) in [7, 11) is 1.42. The van der Waals surface area contributed by atoms with Gasteiger partial charge in [-0.15, -0.1) is 0 Å². The number of amidine groups is 1. The lowest BCUT2D eigenvalue weighted by Gasteiger charge is -2.39. The van der Waals surface area contributed by atoms with Gasteiger partial charge < -0.3 is 19.3 Å². The molecule has 2 aliphatic heterocycles. The van der Waals surface area contributed by atoms with Crippen LogP contribution in [0.15, 0.2) is 70.6 Å². The standard InChI is InChI=1S/C37H46Cl2N6O7S/c1-8-52-30-22-31(50-6)32(53(48,49)42(5)51-7)21-29(30)36-40-34(25-9-13-27(38)14-10-25)35(26-11-15-28(39)16-12-26)45(36)37(47)44-19-17-43(18-20-44)23-33(46)41(4)24(2)3/h9-16,21-22,24,34-35H,8,17-20,23H2,1-7H3/t34-,35+/m0/s1. The number of nitrogens with zero attached hydrogens (tertiary/aromatic N) is 6. The van der Waals surface area contributed by atoms with E-state index in [1.54, 1.807) is 52.9 Å². The fraction of sp³-hybridized carbons (Fsp3) is 0.432. The largest absolute Gasteiger partial charge is 0.495 e. The highest BCUT2D eigenvalue weighted by Crippen LogP contribution is 2.46. The van der Waals surface area contributed by atoms with Crippen molar-refractivity contribution >= 4 is 51.0 Å². The molecule has 0 spiro atoms. The van der Waals surface area contributed by atoms with Crippen LogP contribution in [0.1, 0.15) is 49.5 Å². The van der Waals surface area contributed by atoms with Crippen LogP contribution in [0, 0.1) is 0 Å². The third-order valence-corrected chi connectivity index (χ3v) is 11.8. The molecular weight excluding hydrogens is 743 g/mol. The molecule has 53 heavy (non-hydrogen) atoms. The maximum Gasteiger partial charge on any atom is 0.326 e. The van der Waals surface area contributed by atoms with Crippen LogP contribution in [0.25, 0.3) is 0 Å². The molecule has 0 bridgehead atoms. The van der Waals surface area contributed by atoms with Gasteiger partial charge in [-0.25, -0.2) is 13.2 Å². The molecule has 0 saturated carbocycles. The van der Waals surface area contributed by atoms with Crippen molar-refractivity contribution in [1.82, 2.24) is 24.1 Å². The van der Waals surface area contributed by atoms with E-state index in [9.17, 15) is 13.2 Å². The molecule has 3 aromatic carbocycles. The van der Waals surface area contributed by atoms with Crippen LogP contribution in [0.4, 0.5) is 4.79 Å². The molecule has 3 amide bonds. The Morgan fingerprint density at radius 2 is 1.49 bits per heavy atom. The minimum absolute atomic E-state index is 0.00943. The van der Waals surface area contributed by atoms with E-state index in [0.29, 0.717) is 36.2 Å². The van der Waals surface area contributed by atoms with Crippen LogP contribution < -0.4 is 9.47 Å². The van der Waals surface area contributed by atoms with Crippen molar-refractivity contribution in [2.75, 3.05) is 67.6 Å². The van der Waals surface area contributed by atoms with Crippen LogP contribution in [0.5, 0.6) is 11.5 Å². The lowest BCUT2D eigenvalue weighted by Crippen LogP contribution is -2.55. The highest BCUT2D eigenvalue weighted by molar-refractivity contribution is 7.89. The molecular formula is C37H46Cl2N6O7S. The monoisotopic (exact) mass is 788 g/mol. The Kier molecular flexibility index (Phi) is 12.9. The summed E-state index contributed by atoms with van der Waals surface area (Å²) < 4.78 is 39.9. The highest BCUT2D eigenvalue weighted by atomic mass is 35.5. The first-order valence-electron chi connectivity index (χ1n) is 17.2. The molecule has 5 rings (SSSR count). The molecule has 3 aromatic rings. The van der Waals surface area contributed by atoms with Gasteiger partial charge in [-0.2, -0.15) is 0 Å².